The summed E-state index contributed by atoms with van der Waals surface area (Å²) in [6, 6.07) is 9.54. The Morgan fingerprint density at radius 1 is 1.33 bits per heavy atom. The Morgan fingerprint density at radius 2 is 2.15 bits per heavy atom. The minimum atomic E-state index is -0.0551. The fraction of sp³-hybridized carbons (Fsp3) is 0.333. The largest absolute Gasteiger partial charge is 0.492 e. The molecule has 0 unspecified atom stereocenters. The van der Waals surface area contributed by atoms with Gasteiger partial charge in [0.15, 0.2) is 10.8 Å². The van der Waals surface area contributed by atoms with Crippen LogP contribution < -0.4 is 16.0 Å². The molecule has 0 amide bonds. The second-order valence-corrected chi connectivity index (χ2v) is 8.95. The first-order valence-electron chi connectivity index (χ1n) is 10.8. The summed E-state index contributed by atoms with van der Waals surface area (Å²) in [5, 5.41) is 0.748. The summed E-state index contributed by atoms with van der Waals surface area (Å²) in [5.74, 6) is 1.31. The molecule has 0 aliphatic carbocycles. The van der Waals surface area contributed by atoms with Crippen LogP contribution in [0.4, 0.5) is 0 Å². The molecule has 1 aromatic carbocycles. The fourth-order valence-corrected chi connectivity index (χ4v) is 4.63. The van der Waals surface area contributed by atoms with Gasteiger partial charge in [0.05, 0.1) is 25.2 Å². The van der Waals surface area contributed by atoms with Crippen LogP contribution in [0.15, 0.2) is 51.3 Å². The van der Waals surface area contributed by atoms with Crippen molar-refractivity contribution in [3.8, 4) is 28.1 Å². The van der Waals surface area contributed by atoms with Crippen molar-refractivity contribution in [1.82, 2.24) is 9.55 Å². The molecule has 1 aliphatic heterocycles. The molecule has 1 aliphatic rings. The Labute approximate surface area is 196 Å². The van der Waals surface area contributed by atoms with Crippen molar-refractivity contribution >= 4 is 23.5 Å². The van der Waals surface area contributed by atoms with Crippen LogP contribution in [-0.4, -0.2) is 48.1 Å². The molecule has 0 atom stereocenters. The van der Waals surface area contributed by atoms with E-state index in [1.54, 1.807) is 29.1 Å². The summed E-state index contributed by atoms with van der Waals surface area (Å²) in [5.41, 5.74) is 9.21. The summed E-state index contributed by atoms with van der Waals surface area (Å²) in [6.45, 7) is 5.51. The summed E-state index contributed by atoms with van der Waals surface area (Å²) in [4.78, 5) is 26.9. The highest BCUT2D eigenvalue weighted by Gasteiger charge is 2.22. The van der Waals surface area contributed by atoms with Crippen LogP contribution >= 0.6 is 11.3 Å². The highest BCUT2D eigenvalue weighted by molar-refractivity contribution is 7.14. The van der Waals surface area contributed by atoms with Crippen LogP contribution in [0.3, 0.4) is 0 Å². The lowest BCUT2D eigenvalue weighted by Gasteiger charge is -2.11. The summed E-state index contributed by atoms with van der Waals surface area (Å²) >= 11 is 1.57. The number of nitrogens with zero attached hydrogens (tertiary/aromatic N) is 4. The first kappa shape index (κ1) is 22.9. The molecule has 2 N–H and O–H groups in total. The number of nitrogens with two attached hydrogens (primary N) is 1. The lowest BCUT2D eigenvalue weighted by atomic mass is 10.0. The fourth-order valence-electron chi connectivity index (χ4n) is 3.62. The number of methoxy groups -OCH3 is 1. The van der Waals surface area contributed by atoms with Gasteiger partial charge in [0, 0.05) is 48.8 Å². The molecule has 33 heavy (non-hydrogen) atoms. The molecular weight excluding hydrogens is 438 g/mol. The Bertz CT molecular complexity index is 1260. The van der Waals surface area contributed by atoms with Gasteiger partial charge in [0.25, 0.3) is 5.56 Å². The molecule has 4 rings (SSSR count). The van der Waals surface area contributed by atoms with E-state index in [0.717, 1.165) is 44.4 Å². The van der Waals surface area contributed by atoms with E-state index in [4.69, 9.17) is 20.2 Å². The molecule has 172 valence electrons. The first-order valence-corrected chi connectivity index (χ1v) is 11.6. The Kier molecular flexibility index (Phi) is 7.00. The minimum absolute atomic E-state index is 0.0551. The van der Waals surface area contributed by atoms with Gasteiger partial charge >= 0.3 is 0 Å². The number of aromatic nitrogens is 2. The molecule has 0 saturated carbocycles. The van der Waals surface area contributed by atoms with Gasteiger partial charge in [-0.25, -0.2) is 9.98 Å². The maximum Gasteiger partial charge on any atom is 0.250 e. The predicted molar refractivity (Wildman–Crippen MR) is 133 cm³/mol. The van der Waals surface area contributed by atoms with Gasteiger partial charge in [0.2, 0.25) is 0 Å². The van der Waals surface area contributed by atoms with E-state index >= 15 is 0 Å². The maximum absolute atomic E-state index is 12.1. The summed E-state index contributed by atoms with van der Waals surface area (Å²) < 4.78 is 12.9. The predicted octanol–water partition coefficient (Wildman–Crippen LogP) is 3.36. The Morgan fingerprint density at radius 3 is 2.91 bits per heavy atom. The first-order chi connectivity index (χ1) is 16.0. The molecule has 3 heterocycles. The average molecular weight is 466 g/mol. The summed E-state index contributed by atoms with van der Waals surface area (Å²) in [7, 11) is 1.62. The van der Waals surface area contributed by atoms with Crippen molar-refractivity contribution in [3.05, 3.63) is 56.8 Å². The molecule has 0 radical (unpaired) electrons. The smallest absolute Gasteiger partial charge is 0.250 e. The van der Waals surface area contributed by atoms with E-state index in [1.807, 2.05) is 44.3 Å². The van der Waals surface area contributed by atoms with E-state index in [2.05, 4.69) is 9.98 Å². The third-order valence-corrected chi connectivity index (χ3v) is 6.25. The zero-order valence-corrected chi connectivity index (χ0v) is 19.8. The second-order valence-electron chi connectivity index (χ2n) is 7.87. The van der Waals surface area contributed by atoms with Gasteiger partial charge in [-0.15, -0.1) is 11.3 Å². The molecule has 0 saturated heterocycles. The molecule has 0 bridgehead atoms. The van der Waals surface area contributed by atoms with Gasteiger partial charge in [-0.3, -0.25) is 9.79 Å². The number of pyridine rings is 1. The number of benzene rings is 1. The quantitative estimate of drug-likeness (QED) is 0.444. The maximum atomic E-state index is 12.1. The monoisotopic (exact) mass is 465 g/mol. The third-order valence-electron chi connectivity index (χ3n) is 5.14. The molecule has 2 aromatic heterocycles. The van der Waals surface area contributed by atoms with Crippen molar-refractivity contribution in [2.24, 2.45) is 15.7 Å². The number of hydrogen-bond donors (Lipinski definition) is 1. The van der Waals surface area contributed by atoms with E-state index in [1.165, 1.54) is 6.34 Å². The van der Waals surface area contributed by atoms with Crippen molar-refractivity contribution in [3.63, 3.8) is 0 Å². The minimum Gasteiger partial charge on any atom is -0.492 e. The molecule has 9 heteroatoms. The van der Waals surface area contributed by atoms with E-state index in [-0.39, 0.29) is 11.6 Å². The van der Waals surface area contributed by atoms with Crippen molar-refractivity contribution < 1.29 is 9.47 Å². The van der Waals surface area contributed by atoms with E-state index < -0.39 is 0 Å². The van der Waals surface area contributed by atoms with Gasteiger partial charge in [-0.05, 0) is 43.2 Å². The van der Waals surface area contributed by atoms with Crippen molar-refractivity contribution in [2.45, 2.75) is 32.9 Å². The van der Waals surface area contributed by atoms with Crippen LogP contribution in [0.5, 0.6) is 5.75 Å². The number of rotatable bonds is 6. The van der Waals surface area contributed by atoms with Gasteiger partial charge < -0.3 is 19.8 Å². The lowest BCUT2D eigenvalue weighted by molar-refractivity contribution is 0.186. The van der Waals surface area contributed by atoms with Crippen LogP contribution in [0.25, 0.3) is 22.4 Å². The number of amidine groups is 1. The normalized spacial score (nSPS) is 13.6. The third kappa shape index (κ3) is 5.04. The molecule has 8 nitrogen and oxygen atoms in total. The highest BCUT2D eigenvalue weighted by Crippen LogP contribution is 2.39. The Balaban J connectivity index is 1.73. The molecule has 0 fully saturated rings. The Hall–Kier alpha value is -3.30. The number of aliphatic imine (C=N–C) groups is 2. The number of ether oxygens (including phenoxy) is 2. The van der Waals surface area contributed by atoms with E-state index in [9.17, 15) is 4.79 Å². The zero-order chi connectivity index (χ0) is 23.4. The SMILES string of the molecule is COCCn1cc(-c2ccc3c(c2)OCCc2sc(C(N=CN)=NC(C)C)nc2-3)ccc1=O. The molecular formula is C24H27N5O3S. The standard InChI is InChI=1S/C24H27N5O3S/c1-15(2)27-23(26-14-25)24-28-22-18-6-4-16(12-19(18)32-10-8-20(22)33-24)17-5-7-21(30)29(13-17)9-11-31-3/h4-7,12-15H,8-11H2,1-3H3,(H2,25,26,27). The average Bonchev–Trinajstić information content (AvgIpc) is 3.14. The van der Waals surface area contributed by atoms with Crippen LogP contribution in [0, 0.1) is 0 Å². The van der Waals surface area contributed by atoms with E-state index in [0.29, 0.717) is 25.6 Å². The summed E-state index contributed by atoms with van der Waals surface area (Å²) in [6.07, 6.45) is 3.86. The topological polar surface area (TPSA) is 104 Å². The van der Waals surface area contributed by atoms with Gasteiger partial charge in [-0.2, -0.15) is 0 Å². The number of hydrogen-bond acceptors (Lipinski definition) is 6. The van der Waals surface area contributed by atoms with Gasteiger partial charge in [0.1, 0.15) is 5.75 Å². The van der Waals surface area contributed by atoms with Crippen LogP contribution in [-0.2, 0) is 17.7 Å². The highest BCUT2D eigenvalue weighted by atomic mass is 32.1. The second kappa shape index (κ2) is 10.1. The lowest BCUT2D eigenvalue weighted by Crippen LogP contribution is -2.20. The van der Waals surface area contributed by atoms with Crippen molar-refractivity contribution in [1.29, 1.82) is 0 Å². The van der Waals surface area contributed by atoms with Gasteiger partial charge in [-0.1, -0.05) is 6.07 Å². The number of thiazole rings is 1. The van der Waals surface area contributed by atoms with Crippen LogP contribution in [0.2, 0.25) is 0 Å². The van der Waals surface area contributed by atoms with Crippen molar-refractivity contribution in [2.75, 3.05) is 20.3 Å². The number of fused-ring (bicyclic) bond motifs is 3. The zero-order valence-electron chi connectivity index (χ0n) is 18.9. The molecule has 0 spiro atoms. The molecule has 3 aromatic rings. The van der Waals surface area contributed by atoms with Crippen LogP contribution in [0.1, 0.15) is 23.7 Å².